The summed E-state index contributed by atoms with van der Waals surface area (Å²) in [5, 5.41) is 15.5. The Kier molecular flexibility index (Phi) is 6.83. The zero-order valence-corrected chi connectivity index (χ0v) is 17.7. The molecule has 0 saturated heterocycles. The maximum Gasteiger partial charge on any atom is 0.259 e. The van der Waals surface area contributed by atoms with E-state index in [0.29, 0.717) is 47.5 Å². The summed E-state index contributed by atoms with van der Waals surface area (Å²) in [5.74, 6) is 0.119. The normalized spacial score (nSPS) is 10.9. The first-order valence-electron chi connectivity index (χ1n) is 9.68. The van der Waals surface area contributed by atoms with Crippen molar-refractivity contribution >= 4 is 33.4 Å². The number of phenolic OH excluding ortho intramolecular Hbond substituents is 1. The molecule has 0 aliphatic heterocycles. The van der Waals surface area contributed by atoms with E-state index in [9.17, 15) is 19.5 Å². The van der Waals surface area contributed by atoms with Crippen molar-refractivity contribution in [3.8, 4) is 5.75 Å². The van der Waals surface area contributed by atoms with Gasteiger partial charge in [-0.05, 0) is 44.0 Å². The highest BCUT2D eigenvalue weighted by Crippen LogP contribution is 2.25. The highest BCUT2D eigenvalue weighted by atomic mass is 32.1. The first kappa shape index (κ1) is 21.5. The van der Waals surface area contributed by atoms with Crippen molar-refractivity contribution in [3.05, 3.63) is 56.4 Å². The van der Waals surface area contributed by atoms with Gasteiger partial charge in [-0.15, -0.1) is 11.3 Å². The van der Waals surface area contributed by atoms with Crippen LogP contribution >= 0.6 is 11.3 Å². The average Bonchev–Trinajstić information content (AvgIpc) is 3.00. The molecule has 0 bridgehead atoms. The second-order valence-electron chi connectivity index (χ2n) is 6.99. The summed E-state index contributed by atoms with van der Waals surface area (Å²) in [6.45, 7) is 4.69. The molecule has 2 aromatic heterocycles. The number of aromatic hydroxyl groups is 1. The first-order chi connectivity index (χ1) is 14.3. The number of fused-ring (bicyclic) bond motifs is 1. The summed E-state index contributed by atoms with van der Waals surface area (Å²) in [7, 11) is 0. The lowest BCUT2D eigenvalue weighted by Gasteiger charge is -2.07. The number of carbonyl (C=O) groups is 2. The summed E-state index contributed by atoms with van der Waals surface area (Å²) in [5.41, 5.74) is 1.16. The number of hydrogen-bond acceptors (Lipinski definition) is 6. The van der Waals surface area contributed by atoms with E-state index in [2.05, 4.69) is 20.6 Å². The molecule has 0 aliphatic rings. The Balaban J connectivity index is 1.40. The second kappa shape index (κ2) is 9.53. The number of carbonyl (C=O) groups excluding carboxylic acids is 2. The van der Waals surface area contributed by atoms with Gasteiger partial charge in [-0.3, -0.25) is 14.4 Å². The smallest absolute Gasteiger partial charge is 0.259 e. The zero-order valence-electron chi connectivity index (χ0n) is 16.9. The van der Waals surface area contributed by atoms with Gasteiger partial charge in [-0.1, -0.05) is 6.07 Å². The van der Waals surface area contributed by atoms with Crippen LogP contribution in [0.15, 0.2) is 29.1 Å². The highest BCUT2D eigenvalue weighted by molar-refractivity contribution is 7.18. The number of nitrogens with one attached hydrogen (secondary N) is 3. The minimum absolute atomic E-state index is 0.0363. The van der Waals surface area contributed by atoms with Crippen molar-refractivity contribution < 1.29 is 14.7 Å². The van der Waals surface area contributed by atoms with Crippen molar-refractivity contribution in [1.29, 1.82) is 0 Å². The summed E-state index contributed by atoms with van der Waals surface area (Å²) < 4.78 is 0. The maximum absolute atomic E-state index is 12.3. The minimum atomic E-state index is -0.276. The van der Waals surface area contributed by atoms with Crippen molar-refractivity contribution in [2.45, 2.75) is 33.1 Å². The van der Waals surface area contributed by atoms with Gasteiger partial charge in [0.2, 0.25) is 5.91 Å². The number of phenols is 1. The van der Waals surface area contributed by atoms with E-state index < -0.39 is 0 Å². The number of amides is 2. The lowest BCUT2D eigenvalue weighted by atomic mass is 10.2. The Labute approximate surface area is 177 Å². The van der Waals surface area contributed by atoms with Crippen LogP contribution in [0, 0.1) is 13.8 Å². The standard InChI is InChI=1S/C21H24N4O4S/c1-12-13(2)30-21-18(12)20(29)24-16(25-21)7-8-17(27)22-9-4-10-23-19(28)14-5-3-6-15(26)11-14/h3,5-6,11,26H,4,7-10H2,1-2H3,(H,22,27)(H,23,28)(H,24,25,29). The summed E-state index contributed by atoms with van der Waals surface area (Å²) >= 11 is 1.48. The number of hydrogen-bond donors (Lipinski definition) is 4. The molecule has 30 heavy (non-hydrogen) atoms. The van der Waals surface area contributed by atoms with E-state index in [4.69, 9.17) is 0 Å². The number of aryl methyl sites for hydroxylation is 3. The molecule has 2 amide bonds. The molecule has 0 spiro atoms. The Morgan fingerprint density at radius 1 is 1.20 bits per heavy atom. The van der Waals surface area contributed by atoms with E-state index >= 15 is 0 Å². The number of nitrogens with zero attached hydrogens (tertiary/aromatic N) is 1. The molecule has 3 rings (SSSR count). The predicted octanol–water partition coefficient (Wildman–Crippen LogP) is 2.18. The molecule has 158 valence electrons. The fraction of sp³-hybridized carbons (Fsp3) is 0.333. The molecule has 9 heteroatoms. The van der Waals surface area contributed by atoms with Gasteiger partial charge in [-0.2, -0.15) is 0 Å². The Morgan fingerprint density at radius 3 is 2.73 bits per heavy atom. The van der Waals surface area contributed by atoms with Gasteiger partial charge in [0.15, 0.2) is 0 Å². The first-order valence-corrected chi connectivity index (χ1v) is 10.5. The number of H-pyrrole nitrogens is 1. The van der Waals surface area contributed by atoms with Gasteiger partial charge in [0.25, 0.3) is 11.5 Å². The molecule has 2 heterocycles. The fourth-order valence-corrected chi connectivity index (χ4v) is 4.05. The molecule has 0 saturated carbocycles. The van der Waals surface area contributed by atoms with Gasteiger partial charge in [0.05, 0.1) is 5.39 Å². The Bertz CT molecular complexity index is 1140. The lowest BCUT2D eigenvalue weighted by molar-refractivity contribution is -0.121. The van der Waals surface area contributed by atoms with Crippen LogP contribution in [0.4, 0.5) is 0 Å². The van der Waals surface area contributed by atoms with Gasteiger partial charge < -0.3 is 20.7 Å². The van der Waals surface area contributed by atoms with Crippen LogP contribution in [0.3, 0.4) is 0 Å². The fourth-order valence-electron chi connectivity index (χ4n) is 3.01. The van der Waals surface area contributed by atoms with Gasteiger partial charge in [0.1, 0.15) is 16.4 Å². The quantitative estimate of drug-likeness (QED) is 0.409. The molecule has 3 aromatic rings. The highest BCUT2D eigenvalue weighted by Gasteiger charge is 2.12. The summed E-state index contributed by atoms with van der Waals surface area (Å²) in [6, 6.07) is 6.11. The topological polar surface area (TPSA) is 124 Å². The summed E-state index contributed by atoms with van der Waals surface area (Å²) in [6.07, 6.45) is 1.14. The third-order valence-electron chi connectivity index (χ3n) is 4.75. The third kappa shape index (κ3) is 5.24. The molecule has 1 aromatic carbocycles. The Hall–Kier alpha value is -3.20. The van der Waals surface area contributed by atoms with E-state index in [1.807, 2.05) is 13.8 Å². The largest absolute Gasteiger partial charge is 0.508 e. The molecular formula is C21H24N4O4S. The van der Waals surface area contributed by atoms with Crippen LogP contribution in [0.2, 0.25) is 0 Å². The van der Waals surface area contributed by atoms with Crippen molar-refractivity contribution in [2.24, 2.45) is 0 Å². The molecule has 0 radical (unpaired) electrons. The monoisotopic (exact) mass is 428 g/mol. The molecule has 4 N–H and O–H groups in total. The molecular weight excluding hydrogens is 404 g/mol. The van der Waals surface area contributed by atoms with E-state index in [1.165, 1.54) is 23.5 Å². The van der Waals surface area contributed by atoms with Crippen molar-refractivity contribution in [2.75, 3.05) is 13.1 Å². The Morgan fingerprint density at radius 2 is 1.97 bits per heavy atom. The average molecular weight is 429 g/mol. The zero-order chi connectivity index (χ0) is 21.7. The van der Waals surface area contributed by atoms with E-state index in [-0.39, 0.29) is 29.5 Å². The van der Waals surface area contributed by atoms with Gasteiger partial charge >= 0.3 is 0 Å². The SMILES string of the molecule is Cc1sc2nc(CCC(=O)NCCCNC(=O)c3cccc(O)c3)[nH]c(=O)c2c1C. The van der Waals surface area contributed by atoms with Gasteiger partial charge in [-0.25, -0.2) is 4.98 Å². The summed E-state index contributed by atoms with van der Waals surface area (Å²) in [4.78, 5) is 45.2. The molecule has 0 unspecified atom stereocenters. The van der Waals surface area contributed by atoms with Crippen LogP contribution < -0.4 is 16.2 Å². The molecule has 8 nitrogen and oxygen atoms in total. The van der Waals surface area contributed by atoms with Crippen LogP contribution in [-0.2, 0) is 11.2 Å². The minimum Gasteiger partial charge on any atom is -0.508 e. The third-order valence-corrected chi connectivity index (χ3v) is 5.85. The predicted molar refractivity (Wildman–Crippen MR) is 116 cm³/mol. The van der Waals surface area contributed by atoms with Crippen molar-refractivity contribution in [3.63, 3.8) is 0 Å². The number of aromatic amines is 1. The molecule has 0 atom stereocenters. The number of rotatable bonds is 8. The van der Waals surface area contributed by atoms with Crippen LogP contribution in [0.5, 0.6) is 5.75 Å². The number of benzene rings is 1. The van der Waals surface area contributed by atoms with Gasteiger partial charge in [0, 0.05) is 36.4 Å². The maximum atomic E-state index is 12.3. The van der Waals surface area contributed by atoms with Crippen LogP contribution in [0.1, 0.15) is 39.5 Å². The van der Waals surface area contributed by atoms with Crippen molar-refractivity contribution in [1.82, 2.24) is 20.6 Å². The molecule has 0 fully saturated rings. The van der Waals surface area contributed by atoms with E-state index in [1.54, 1.807) is 12.1 Å². The number of thiophene rings is 1. The molecule has 0 aliphatic carbocycles. The van der Waals surface area contributed by atoms with E-state index in [0.717, 1.165) is 10.4 Å². The van der Waals surface area contributed by atoms with Crippen LogP contribution in [-0.4, -0.2) is 40.0 Å². The number of aromatic nitrogens is 2. The lowest BCUT2D eigenvalue weighted by Crippen LogP contribution is -2.30. The second-order valence-corrected chi connectivity index (χ2v) is 8.19. The van der Waals surface area contributed by atoms with Crippen LogP contribution in [0.25, 0.3) is 10.2 Å².